The molecule has 0 saturated heterocycles. The summed E-state index contributed by atoms with van der Waals surface area (Å²) in [5.41, 5.74) is 5.05. The van der Waals surface area contributed by atoms with Gasteiger partial charge >= 0.3 is 0 Å². The summed E-state index contributed by atoms with van der Waals surface area (Å²) < 4.78 is 1.97. The first-order valence-corrected chi connectivity index (χ1v) is 12.1. The van der Waals surface area contributed by atoms with Crippen LogP contribution in [0.1, 0.15) is 67.3 Å². The fraction of sp³-hybridized carbons (Fsp3) is 0.423. The Balaban J connectivity index is 1.72. The Bertz CT molecular complexity index is 1160. The van der Waals surface area contributed by atoms with Crippen molar-refractivity contribution in [3.05, 3.63) is 58.9 Å². The first-order chi connectivity index (χ1) is 15.0. The number of aromatic nitrogens is 2. The van der Waals surface area contributed by atoms with Crippen molar-refractivity contribution in [2.45, 2.75) is 69.6 Å². The molecule has 5 heteroatoms. The van der Waals surface area contributed by atoms with Crippen LogP contribution in [0.15, 0.2) is 41.4 Å². The van der Waals surface area contributed by atoms with E-state index in [4.69, 9.17) is 4.98 Å². The van der Waals surface area contributed by atoms with E-state index in [0.717, 1.165) is 36.9 Å². The molecule has 3 aromatic rings. The number of hydrogen-bond acceptors (Lipinski definition) is 4. The number of nitriles is 1. The van der Waals surface area contributed by atoms with Crippen molar-refractivity contribution in [3.63, 3.8) is 0 Å². The van der Waals surface area contributed by atoms with Crippen LogP contribution in [0, 0.1) is 17.2 Å². The zero-order valence-corrected chi connectivity index (χ0v) is 19.3. The SMILES string of the molecule is CCC(Sc1nc(CC(C)C)ccc1C#N)C(=O)n1c2c(c3ccccc31)CCCC2. The van der Waals surface area contributed by atoms with Crippen molar-refractivity contribution >= 4 is 28.6 Å². The van der Waals surface area contributed by atoms with Crippen LogP contribution in [0.2, 0.25) is 0 Å². The summed E-state index contributed by atoms with van der Waals surface area (Å²) in [6.45, 7) is 6.36. The minimum absolute atomic E-state index is 0.104. The van der Waals surface area contributed by atoms with Crippen LogP contribution >= 0.6 is 11.8 Å². The molecule has 160 valence electrons. The third-order valence-corrected chi connectivity index (χ3v) is 7.31. The summed E-state index contributed by atoms with van der Waals surface area (Å²) in [6, 6.07) is 14.3. The lowest BCUT2D eigenvalue weighted by Gasteiger charge is -2.19. The Morgan fingerprint density at radius 1 is 1.19 bits per heavy atom. The van der Waals surface area contributed by atoms with Crippen molar-refractivity contribution in [1.82, 2.24) is 9.55 Å². The van der Waals surface area contributed by atoms with Gasteiger partial charge in [-0.15, -0.1) is 0 Å². The number of hydrogen-bond donors (Lipinski definition) is 0. The number of para-hydroxylation sites is 1. The second kappa shape index (κ2) is 9.28. The maximum Gasteiger partial charge on any atom is 0.244 e. The molecule has 0 spiro atoms. The summed E-state index contributed by atoms with van der Waals surface area (Å²) >= 11 is 1.44. The normalized spacial score (nSPS) is 14.4. The number of benzene rings is 1. The van der Waals surface area contributed by atoms with Crippen LogP contribution in [0.25, 0.3) is 10.9 Å². The molecule has 1 atom stereocenters. The molecule has 0 saturated carbocycles. The molecule has 1 aliphatic rings. The van der Waals surface area contributed by atoms with Crippen molar-refractivity contribution < 1.29 is 4.79 Å². The number of carbonyl (C=O) groups is 1. The number of rotatable bonds is 6. The number of fused-ring (bicyclic) bond motifs is 3. The Hall–Kier alpha value is -2.58. The summed E-state index contributed by atoms with van der Waals surface area (Å²) in [4.78, 5) is 18.6. The van der Waals surface area contributed by atoms with Gasteiger partial charge in [-0.3, -0.25) is 9.36 Å². The Morgan fingerprint density at radius 3 is 2.71 bits per heavy atom. The largest absolute Gasteiger partial charge is 0.283 e. The third kappa shape index (κ3) is 4.27. The minimum atomic E-state index is -0.282. The molecular weight excluding hydrogens is 402 g/mol. The first kappa shape index (κ1) is 21.6. The van der Waals surface area contributed by atoms with Gasteiger partial charge in [0.25, 0.3) is 0 Å². The van der Waals surface area contributed by atoms with Gasteiger partial charge in [0, 0.05) is 16.8 Å². The lowest BCUT2D eigenvalue weighted by atomic mass is 9.95. The second-order valence-electron chi connectivity index (χ2n) is 8.70. The van der Waals surface area contributed by atoms with E-state index in [1.807, 2.05) is 29.7 Å². The predicted molar refractivity (Wildman–Crippen MR) is 127 cm³/mol. The molecule has 4 nitrogen and oxygen atoms in total. The fourth-order valence-corrected chi connectivity index (χ4v) is 5.57. The molecule has 2 heterocycles. The summed E-state index contributed by atoms with van der Waals surface area (Å²) in [5.74, 6) is 0.589. The molecule has 0 N–H and O–H groups in total. The summed E-state index contributed by atoms with van der Waals surface area (Å²) in [5, 5.41) is 11.2. The summed E-state index contributed by atoms with van der Waals surface area (Å²) in [7, 11) is 0. The lowest BCUT2D eigenvalue weighted by Crippen LogP contribution is -2.26. The van der Waals surface area contributed by atoms with Gasteiger partial charge in [0.2, 0.25) is 5.91 Å². The topological polar surface area (TPSA) is 58.7 Å². The van der Waals surface area contributed by atoms with E-state index in [1.165, 1.54) is 34.8 Å². The van der Waals surface area contributed by atoms with Crippen LogP contribution in [0.4, 0.5) is 0 Å². The van der Waals surface area contributed by atoms with Crippen LogP contribution in [-0.4, -0.2) is 20.7 Å². The molecule has 1 aromatic carbocycles. The van der Waals surface area contributed by atoms with Crippen molar-refractivity contribution in [2.75, 3.05) is 0 Å². The van der Waals surface area contributed by atoms with E-state index in [9.17, 15) is 10.1 Å². The molecule has 1 aliphatic carbocycles. The highest BCUT2D eigenvalue weighted by molar-refractivity contribution is 8.00. The van der Waals surface area contributed by atoms with E-state index in [0.29, 0.717) is 22.9 Å². The van der Waals surface area contributed by atoms with E-state index in [2.05, 4.69) is 38.1 Å². The van der Waals surface area contributed by atoms with Crippen molar-refractivity contribution in [3.8, 4) is 6.07 Å². The molecule has 0 fully saturated rings. The highest BCUT2D eigenvalue weighted by atomic mass is 32.2. The number of nitrogens with zero attached hydrogens (tertiary/aromatic N) is 3. The van der Waals surface area contributed by atoms with Crippen molar-refractivity contribution in [1.29, 1.82) is 5.26 Å². The van der Waals surface area contributed by atoms with Crippen molar-refractivity contribution in [2.24, 2.45) is 5.92 Å². The number of pyridine rings is 1. The smallest absolute Gasteiger partial charge is 0.244 e. The standard InChI is InChI=1S/C26H29N3OS/c1-4-24(31-25-18(16-27)13-14-19(28-25)15-17(2)3)26(30)29-22-11-7-5-9-20(22)21-10-6-8-12-23(21)29/h5,7,9,11,13-14,17,24H,4,6,8,10,12,15H2,1-3H3. The van der Waals surface area contributed by atoms with Gasteiger partial charge in [-0.1, -0.05) is 50.7 Å². The lowest BCUT2D eigenvalue weighted by molar-refractivity contribution is 0.0910. The van der Waals surface area contributed by atoms with Crippen LogP contribution < -0.4 is 0 Å². The maximum atomic E-state index is 13.8. The van der Waals surface area contributed by atoms with Gasteiger partial charge in [0.15, 0.2) is 0 Å². The highest BCUT2D eigenvalue weighted by Crippen LogP contribution is 2.35. The van der Waals surface area contributed by atoms with Crippen LogP contribution in [0.3, 0.4) is 0 Å². The van der Waals surface area contributed by atoms with Crippen LogP contribution in [-0.2, 0) is 19.3 Å². The van der Waals surface area contributed by atoms with Crippen LogP contribution in [0.5, 0.6) is 0 Å². The average molecular weight is 432 g/mol. The minimum Gasteiger partial charge on any atom is -0.283 e. The second-order valence-corrected chi connectivity index (χ2v) is 9.89. The quantitative estimate of drug-likeness (QED) is 0.436. The zero-order chi connectivity index (χ0) is 22.0. The zero-order valence-electron chi connectivity index (χ0n) is 18.5. The number of aryl methyl sites for hydroxylation is 1. The van der Waals surface area contributed by atoms with Gasteiger partial charge in [-0.05, 0) is 68.2 Å². The van der Waals surface area contributed by atoms with Gasteiger partial charge in [-0.25, -0.2) is 4.98 Å². The average Bonchev–Trinajstić information content (AvgIpc) is 3.11. The Morgan fingerprint density at radius 2 is 1.97 bits per heavy atom. The molecule has 0 amide bonds. The molecule has 0 aliphatic heterocycles. The number of thioether (sulfide) groups is 1. The molecule has 0 bridgehead atoms. The monoisotopic (exact) mass is 431 g/mol. The Kier molecular flexibility index (Phi) is 6.48. The molecule has 31 heavy (non-hydrogen) atoms. The highest BCUT2D eigenvalue weighted by Gasteiger charge is 2.28. The Labute approximate surface area is 188 Å². The van der Waals surface area contributed by atoms with E-state index in [1.54, 1.807) is 0 Å². The molecule has 1 unspecified atom stereocenters. The first-order valence-electron chi connectivity index (χ1n) is 11.3. The third-order valence-electron chi connectivity index (χ3n) is 5.95. The van der Waals surface area contributed by atoms with Gasteiger partial charge in [0.1, 0.15) is 11.1 Å². The van der Waals surface area contributed by atoms with E-state index in [-0.39, 0.29) is 11.2 Å². The molecule has 0 radical (unpaired) electrons. The van der Waals surface area contributed by atoms with Gasteiger partial charge in [-0.2, -0.15) is 5.26 Å². The predicted octanol–water partition coefficient (Wildman–Crippen LogP) is 6.20. The number of carbonyl (C=O) groups excluding carboxylic acids is 1. The molecule has 2 aromatic heterocycles. The maximum absolute atomic E-state index is 13.8. The molecule has 4 rings (SSSR count). The molecular formula is C26H29N3OS. The van der Waals surface area contributed by atoms with E-state index >= 15 is 0 Å². The fourth-order valence-electron chi connectivity index (χ4n) is 4.52. The summed E-state index contributed by atoms with van der Waals surface area (Å²) in [6.07, 6.45) is 5.84. The van der Waals surface area contributed by atoms with Gasteiger partial charge < -0.3 is 0 Å². The van der Waals surface area contributed by atoms with E-state index < -0.39 is 0 Å². The van der Waals surface area contributed by atoms with Gasteiger partial charge in [0.05, 0.1) is 16.3 Å².